The molecular formula is C13H18FNO2. The summed E-state index contributed by atoms with van der Waals surface area (Å²) in [7, 11) is 3.06. The molecule has 0 saturated carbocycles. The molecule has 1 aliphatic rings. The molecule has 17 heavy (non-hydrogen) atoms. The Kier molecular flexibility index (Phi) is 3.84. The van der Waals surface area contributed by atoms with E-state index >= 15 is 0 Å². The molecule has 0 bridgehead atoms. The highest BCUT2D eigenvalue weighted by molar-refractivity contribution is 5.41. The van der Waals surface area contributed by atoms with Crippen LogP contribution in [0.3, 0.4) is 0 Å². The summed E-state index contributed by atoms with van der Waals surface area (Å²) in [4.78, 5) is 0. The lowest BCUT2D eigenvalue weighted by molar-refractivity contribution is 0.363. The summed E-state index contributed by atoms with van der Waals surface area (Å²) >= 11 is 0. The summed E-state index contributed by atoms with van der Waals surface area (Å²) in [5, 5.41) is 3.28. The Morgan fingerprint density at radius 3 is 2.47 bits per heavy atom. The first-order chi connectivity index (χ1) is 8.26. The van der Waals surface area contributed by atoms with Gasteiger partial charge in [-0.15, -0.1) is 0 Å². The summed E-state index contributed by atoms with van der Waals surface area (Å²) in [5.74, 6) is 0.912. The number of hydrogen-bond acceptors (Lipinski definition) is 3. The Bertz CT molecular complexity index is 389. The van der Waals surface area contributed by atoms with E-state index in [1.807, 2.05) is 0 Å². The van der Waals surface area contributed by atoms with Crippen molar-refractivity contribution >= 4 is 0 Å². The normalized spacial score (nSPS) is 16.9. The smallest absolute Gasteiger partial charge is 0.168 e. The van der Waals surface area contributed by atoms with E-state index in [2.05, 4.69) is 5.32 Å². The Hall–Kier alpha value is -1.29. The van der Waals surface area contributed by atoms with E-state index in [0.29, 0.717) is 11.3 Å². The molecule has 0 atom stereocenters. The third-order valence-electron chi connectivity index (χ3n) is 3.28. The summed E-state index contributed by atoms with van der Waals surface area (Å²) in [6.07, 6.45) is 1.90. The number of rotatable bonds is 3. The van der Waals surface area contributed by atoms with Gasteiger partial charge in [0.2, 0.25) is 0 Å². The van der Waals surface area contributed by atoms with E-state index in [1.165, 1.54) is 7.11 Å². The summed E-state index contributed by atoms with van der Waals surface area (Å²) in [6, 6.07) is 3.37. The van der Waals surface area contributed by atoms with Crippen molar-refractivity contribution in [2.45, 2.75) is 18.8 Å². The van der Waals surface area contributed by atoms with Gasteiger partial charge in [0, 0.05) is 6.07 Å². The first kappa shape index (κ1) is 12.2. The van der Waals surface area contributed by atoms with Crippen molar-refractivity contribution in [2.75, 3.05) is 27.3 Å². The number of halogens is 1. The minimum Gasteiger partial charge on any atom is -0.497 e. The van der Waals surface area contributed by atoms with Crippen LogP contribution in [0.25, 0.3) is 0 Å². The van der Waals surface area contributed by atoms with Crippen molar-refractivity contribution in [3.63, 3.8) is 0 Å². The molecule has 0 unspecified atom stereocenters. The molecular weight excluding hydrogens is 221 g/mol. The van der Waals surface area contributed by atoms with E-state index in [-0.39, 0.29) is 17.5 Å². The van der Waals surface area contributed by atoms with Crippen LogP contribution in [0.15, 0.2) is 12.1 Å². The van der Waals surface area contributed by atoms with Crippen LogP contribution in [0.1, 0.15) is 24.3 Å². The van der Waals surface area contributed by atoms with E-state index in [9.17, 15) is 4.39 Å². The van der Waals surface area contributed by atoms with E-state index in [4.69, 9.17) is 9.47 Å². The number of benzene rings is 1. The molecule has 1 N–H and O–H groups in total. The Labute approximate surface area is 101 Å². The van der Waals surface area contributed by atoms with Crippen LogP contribution in [-0.4, -0.2) is 27.3 Å². The zero-order valence-electron chi connectivity index (χ0n) is 10.3. The predicted molar refractivity (Wildman–Crippen MR) is 64.3 cm³/mol. The molecule has 1 heterocycles. The van der Waals surface area contributed by atoms with Crippen molar-refractivity contribution in [3.05, 3.63) is 23.5 Å². The second-order valence-corrected chi connectivity index (χ2v) is 4.26. The predicted octanol–water partition coefficient (Wildman–Crippen LogP) is 2.31. The second-order valence-electron chi connectivity index (χ2n) is 4.26. The Morgan fingerprint density at radius 2 is 1.88 bits per heavy atom. The fraction of sp³-hybridized carbons (Fsp3) is 0.538. The molecule has 0 spiro atoms. The van der Waals surface area contributed by atoms with Gasteiger partial charge in [0.1, 0.15) is 5.75 Å². The molecule has 1 saturated heterocycles. The standard InChI is InChI=1S/C13H18FNO2/c1-16-10-7-11(9-3-5-15-6-4-9)13(14)12(8-10)17-2/h7-9,15H,3-6H2,1-2H3. The second kappa shape index (κ2) is 5.36. The molecule has 1 aliphatic heterocycles. The fourth-order valence-electron chi connectivity index (χ4n) is 2.29. The Balaban J connectivity index is 2.36. The summed E-state index contributed by atoms with van der Waals surface area (Å²) in [6.45, 7) is 1.87. The van der Waals surface area contributed by atoms with E-state index < -0.39 is 0 Å². The average Bonchev–Trinajstić information content (AvgIpc) is 2.40. The van der Waals surface area contributed by atoms with Crippen LogP contribution in [0.2, 0.25) is 0 Å². The largest absolute Gasteiger partial charge is 0.497 e. The Morgan fingerprint density at radius 1 is 1.18 bits per heavy atom. The van der Waals surface area contributed by atoms with Gasteiger partial charge in [-0.2, -0.15) is 0 Å². The number of methoxy groups -OCH3 is 2. The quantitative estimate of drug-likeness (QED) is 0.878. The zero-order chi connectivity index (χ0) is 12.3. The van der Waals surface area contributed by atoms with Crippen LogP contribution < -0.4 is 14.8 Å². The van der Waals surface area contributed by atoms with Crippen molar-refractivity contribution in [3.8, 4) is 11.5 Å². The SMILES string of the molecule is COc1cc(OC)c(F)c(C2CCNCC2)c1. The van der Waals surface area contributed by atoms with Crippen LogP contribution >= 0.6 is 0 Å². The van der Waals surface area contributed by atoms with Crippen molar-refractivity contribution in [1.82, 2.24) is 5.32 Å². The molecule has 2 rings (SSSR count). The molecule has 1 fully saturated rings. The zero-order valence-corrected chi connectivity index (χ0v) is 10.3. The minimum absolute atomic E-state index is 0.250. The maximum atomic E-state index is 14.2. The molecule has 3 nitrogen and oxygen atoms in total. The minimum atomic E-state index is -0.250. The van der Waals surface area contributed by atoms with E-state index in [1.54, 1.807) is 19.2 Å². The van der Waals surface area contributed by atoms with Crippen LogP contribution in [0, 0.1) is 5.82 Å². The lowest BCUT2D eigenvalue weighted by Crippen LogP contribution is -2.27. The average molecular weight is 239 g/mol. The van der Waals surface area contributed by atoms with Gasteiger partial charge < -0.3 is 14.8 Å². The van der Waals surface area contributed by atoms with E-state index in [0.717, 1.165) is 25.9 Å². The summed E-state index contributed by atoms with van der Waals surface area (Å²) in [5.41, 5.74) is 0.711. The molecule has 4 heteroatoms. The fourth-order valence-corrected chi connectivity index (χ4v) is 2.29. The third-order valence-corrected chi connectivity index (χ3v) is 3.28. The highest BCUT2D eigenvalue weighted by atomic mass is 19.1. The molecule has 0 aliphatic carbocycles. The molecule has 94 valence electrons. The van der Waals surface area contributed by atoms with Gasteiger partial charge in [0.05, 0.1) is 14.2 Å². The van der Waals surface area contributed by atoms with Crippen molar-refractivity contribution < 1.29 is 13.9 Å². The van der Waals surface area contributed by atoms with Gasteiger partial charge in [0.15, 0.2) is 11.6 Å². The summed E-state index contributed by atoms with van der Waals surface area (Å²) < 4.78 is 24.4. The van der Waals surface area contributed by atoms with Crippen molar-refractivity contribution in [1.29, 1.82) is 0 Å². The van der Waals surface area contributed by atoms with Gasteiger partial charge in [-0.05, 0) is 43.5 Å². The first-order valence-corrected chi connectivity index (χ1v) is 5.88. The highest BCUT2D eigenvalue weighted by Crippen LogP contribution is 2.35. The molecule has 0 aromatic heterocycles. The van der Waals surface area contributed by atoms with Crippen LogP contribution in [0.4, 0.5) is 4.39 Å². The van der Waals surface area contributed by atoms with Crippen molar-refractivity contribution in [2.24, 2.45) is 0 Å². The van der Waals surface area contributed by atoms with Gasteiger partial charge in [-0.3, -0.25) is 0 Å². The number of ether oxygens (including phenoxy) is 2. The van der Waals surface area contributed by atoms with Crippen LogP contribution in [0.5, 0.6) is 11.5 Å². The topological polar surface area (TPSA) is 30.5 Å². The molecule has 1 aromatic rings. The lowest BCUT2D eigenvalue weighted by atomic mass is 9.89. The van der Waals surface area contributed by atoms with Gasteiger partial charge in [-0.25, -0.2) is 4.39 Å². The maximum absolute atomic E-state index is 14.2. The number of nitrogens with one attached hydrogen (secondary N) is 1. The van der Waals surface area contributed by atoms with Gasteiger partial charge in [-0.1, -0.05) is 0 Å². The lowest BCUT2D eigenvalue weighted by Gasteiger charge is -2.24. The number of hydrogen-bond donors (Lipinski definition) is 1. The highest BCUT2D eigenvalue weighted by Gasteiger charge is 2.22. The van der Waals surface area contributed by atoms with Crippen LogP contribution in [-0.2, 0) is 0 Å². The first-order valence-electron chi connectivity index (χ1n) is 5.88. The van der Waals surface area contributed by atoms with Gasteiger partial charge in [0.25, 0.3) is 0 Å². The molecule has 0 radical (unpaired) electrons. The molecule has 1 aromatic carbocycles. The maximum Gasteiger partial charge on any atom is 0.168 e. The third kappa shape index (κ3) is 2.52. The van der Waals surface area contributed by atoms with Gasteiger partial charge >= 0.3 is 0 Å². The molecule has 0 amide bonds. The number of piperidine rings is 1. The monoisotopic (exact) mass is 239 g/mol.